The van der Waals surface area contributed by atoms with Gasteiger partial charge in [-0.2, -0.15) is 0 Å². The normalized spacial score (nSPS) is 11.5. The monoisotopic (exact) mass is 850 g/mol. The largest absolute Gasteiger partial charge is 0.480 e. The predicted octanol–water partition coefficient (Wildman–Crippen LogP) is 4.24. The zero-order valence-corrected chi connectivity index (χ0v) is 36.2. The molecule has 7 N–H and O–H groups in total. The van der Waals surface area contributed by atoms with Crippen LogP contribution in [0.3, 0.4) is 0 Å². The van der Waals surface area contributed by atoms with E-state index in [1.54, 1.807) is 6.92 Å². The van der Waals surface area contributed by atoms with Crippen molar-refractivity contribution in [3.63, 3.8) is 0 Å². The van der Waals surface area contributed by atoms with Gasteiger partial charge in [-0.25, -0.2) is 4.79 Å². The molecule has 0 aliphatic rings. The fraction of sp³-hybridized carbons (Fsp3) is 0.727. The number of carboxylic acid groups (broad SMARTS) is 1. The Bertz CT molecular complexity index is 1320. The van der Waals surface area contributed by atoms with Crippen molar-refractivity contribution >= 4 is 35.4 Å². The van der Waals surface area contributed by atoms with E-state index in [4.69, 9.17) is 24.7 Å². The number of hydrogen-bond acceptors (Lipinski definition) is 11. The highest BCUT2D eigenvalue weighted by Gasteiger charge is 2.20. The SMILES string of the molecule is CC(=O)CCCCCCCCCCCCCCCCC(=O)NC(CCC(=O)NCCOCCOCC(=O)NCCOCCOCC(=O)NCc1ccc(CN)cc1)C(=O)O. The number of carbonyl (C=O) groups excluding carboxylic acids is 5. The van der Waals surface area contributed by atoms with Crippen molar-refractivity contribution in [3.8, 4) is 0 Å². The quantitative estimate of drug-likeness (QED) is 0.0508. The third-order valence-corrected chi connectivity index (χ3v) is 9.57. The second-order valence-electron chi connectivity index (χ2n) is 15.0. The first kappa shape index (κ1) is 54.1. The Morgan fingerprint density at radius 2 is 0.967 bits per heavy atom. The number of Topliss-reactive ketones (excluding diaryl/α,β-unsaturated/α-hetero) is 1. The van der Waals surface area contributed by atoms with Gasteiger partial charge in [0.15, 0.2) is 0 Å². The number of nitrogens with one attached hydrogen (secondary N) is 4. The third-order valence-electron chi connectivity index (χ3n) is 9.57. The molecule has 60 heavy (non-hydrogen) atoms. The van der Waals surface area contributed by atoms with E-state index >= 15 is 0 Å². The number of nitrogens with two attached hydrogens (primary N) is 1. The summed E-state index contributed by atoms with van der Waals surface area (Å²) in [5, 5.41) is 20.2. The Hall–Kier alpha value is -3.96. The van der Waals surface area contributed by atoms with Gasteiger partial charge in [0.25, 0.3) is 0 Å². The summed E-state index contributed by atoms with van der Waals surface area (Å²) in [6, 6.07) is 6.54. The van der Waals surface area contributed by atoms with E-state index in [9.17, 15) is 33.9 Å². The van der Waals surface area contributed by atoms with Crippen LogP contribution in [-0.2, 0) is 60.8 Å². The molecular weight excluding hydrogens is 775 g/mol. The minimum Gasteiger partial charge on any atom is -0.480 e. The lowest BCUT2D eigenvalue weighted by Gasteiger charge is -2.14. The van der Waals surface area contributed by atoms with Gasteiger partial charge in [-0.15, -0.1) is 0 Å². The molecule has 4 amide bonds. The molecule has 0 heterocycles. The molecule has 0 spiro atoms. The first-order valence-electron chi connectivity index (χ1n) is 22.0. The number of unbranched alkanes of at least 4 members (excludes halogenated alkanes) is 13. The van der Waals surface area contributed by atoms with Gasteiger partial charge in [0.2, 0.25) is 23.6 Å². The summed E-state index contributed by atoms with van der Waals surface area (Å²) >= 11 is 0. The Morgan fingerprint density at radius 1 is 0.533 bits per heavy atom. The first-order chi connectivity index (χ1) is 29.1. The van der Waals surface area contributed by atoms with E-state index in [0.717, 1.165) is 43.2 Å². The Labute approximate surface area is 357 Å². The summed E-state index contributed by atoms with van der Waals surface area (Å²) in [7, 11) is 0. The molecule has 0 aliphatic carbocycles. The zero-order valence-electron chi connectivity index (χ0n) is 36.2. The number of amides is 4. The standard InChI is InChI=1S/C44H75N5O11/c1-36(50)16-14-12-10-8-6-4-2-3-5-7-9-11-13-15-17-41(52)49-39(44(55)56)22-23-40(51)46-24-26-57-28-30-59-34-42(53)47-25-27-58-29-31-60-35-43(54)48-33-38-20-18-37(32-45)19-21-38/h18-21,39H,2-17,22-35,45H2,1H3,(H,46,51)(H,47,53)(H,48,54)(H,49,52)(H,55,56). The molecule has 1 aromatic rings. The molecule has 0 bridgehead atoms. The minimum atomic E-state index is -1.17. The summed E-state index contributed by atoms with van der Waals surface area (Å²) in [6.45, 7) is 4.19. The highest BCUT2D eigenvalue weighted by Crippen LogP contribution is 2.14. The summed E-state index contributed by atoms with van der Waals surface area (Å²) in [5.41, 5.74) is 7.58. The van der Waals surface area contributed by atoms with E-state index < -0.39 is 12.0 Å². The molecular formula is C44H75N5O11. The molecule has 16 heteroatoms. The molecule has 1 unspecified atom stereocenters. The summed E-state index contributed by atoms with van der Waals surface area (Å²) < 4.78 is 21.4. The first-order valence-corrected chi connectivity index (χ1v) is 22.0. The molecule has 0 aromatic heterocycles. The average molecular weight is 850 g/mol. The molecule has 0 fully saturated rings. The molecule has 0 saturated heterocycles. The number of ether oxygens (including phenoxy) is 4. The van der Waals surface area contributed by atoms with Gasteiger partial charge in [-0.05, 0) is 37.3 Å². The van der Waals surface area contributed by atoms with Crippen LogP contribution in [-0.4, -0.2) is 112 Å². The highest BCUT2D eigenvalue weighted by molar-refractivity contribution is 5.84. The maximum Gasteiger partial charge on any atom is 0.326 e. The smallest absolute Gasteiger partial charge is 0.326 e. The molecule has 0 saturated carbocycles. The predicted molar refractivity (Wildman–Crippen MR) is 229 cm³/mol. The average Bonchev–Trinajstić information content (AvgIpc) is 3.23. The van der Waals surface area contributed by atoms with Crippen molar-refractivity contribution in [1.29, 1.82) is 0 Å². The van der Waals surface area contributed by atoms with Crippen LogP contribution in [0, 0.1) is 0 Å². The van der Waals surface area contributed by atoms with Gasteiger partial charge in [-0.3, -0.25) is 19.2 Å². The van der Waals surface area contributed by atoms with E-state index in [0.29, 0.717) is 25.9 Å². The fourth-order valence-corrected chi connectivity index (χ4v) is 6.06. The number of carbonyl (C=O) groups is 6. The van der Waals surface area contributed by atoms with Crippen LogP contribution >= 0.6 is 0 Å². The fourth-order valence-electron chi connectivity index (χ4n) is 6.06. The minimum absolute atomic E-state index is 0.0151. The Kier molecular flexibility index (Phi) is 34.2. The van der Waals surface area contributed by atoms with Crippen molar-refractivity contribution in [2.75, 3.05) is 65.9 Å². The maximum atomic E-state index is 12.3. The molecule has 0 radical (unpaired) electrons. The van der Waals surface area contributed by atoms with Gasteiger partial charge in [-0.1, -0.05) is 101 Å². The van der Waals surface area contributed by atoms with Crippen LogP contribution in [0.1, 0.15) is 134 Å². The van der Waals surface area contributed by atoms with Gasteiger partial charge in [0.05, 0.1) is 39.6 Å². The van der Waals surface area contributed by atoms with Crippen LogP contribution < -0.4 is 27.0 Å². The van der Waals surface area contributed by atoms with Crippen LogP contribution in [0.2, 0.25) is 0 Å². The van der Waals surface area contributed by atoms with Crippen molar-refractivity contribution < 1.29 is 52.8 Å². The number of aliphatic carboxylic acids is 1. The second-order valence-corrected chi connectivity index (χ2v) is 15.0. The molecule has 0 aliphatic heterocycles. The number of carboxylic acids is 1. The lowest BCUT2D eigenvalue weighted by atomic mass is 10.0. The van der Waals surface area contributed by atoms with E-state index in [1.165, 1.54) is 51.4 Å². The van der Waals surface area contributed by atoms with Crippen molar-refractivity contribution in [2.45, 2.75) is 142 Å². The van der Waals surface area contributed by atoms with E-state index in [-0.39, 0.29) is 115 Å². The van der Waals surface area contributed by atoms with Crippen LogP contribution in [0.25, 0.3) is 0 Å². The van der Waals surface area contributed by atoms with Gasteiger partial charge in [0, 0.05) is 45.4 Å². The van der Waals surface area contributed by atoms with Crippen LogP contribution in [0.15, 0.2) is 24.3 Å². The molecule has 1 aromatic carbocycles. The molecule has 1 rings (SSSR count). The summed E-state index contributed by atoms with van der Waals surface area (Å²) in [5.74, 6) is -2.08. The lowest BCUT2D eigenvalue weighted by Crippen LogP contribution is -2.41. The molecule has 1 atom stereocenters. The van der Waals surface area contributed by atoms with E-state index in [1.807, 2.05) is 24.3 Å². The molecule has 16 nitrogen and oxygen atoms in total. The summed E-state index contributed by atoms with van der Waals surface area (Å²) in [6.07, 6.45) is 16.9. The van der Waals surface area contributed by atoms with Gasteiger partial charge < -0.3 is 55.8 Å². The van der Waals surface area contributed by atoms with E-state index in [2.05, 4.69) is 21.3 Å². The molecule has 342 valence electrons. The van der Waals surface area contributed by atoms with Crippen LogP contribution in [0.4, 0.5) is 0 Å². The third kappa shape index (κ3) is 33.8. The number of ketones is 1. The van der Waals surface area contributed by atoms with Gasteiger partial charge in [0.1, 0.15) is 25.0 Å². The second kappa shape index (κ2) is 38.0. The van der Waals surface area contributed by atoms with Crippen molar-refractivity contribution in [3.05, 3.63) is 35.4 Å². The van der Waals surface area contributed by atoms with Crippen molar-refractivity contribution in [1.82, 2.24) is 21.3 Å². The number of rotatable bonds is 41. The Morgan fingerprint density at radius 3 is 1.45 bits per heavy atom. The number of benzene rings is 1. The Balaban J connectivity index is 1.91. The number of hydrogen-bond donors (Lipinski definition) is 6. The van der Waals surface area contributed by atoms with Crippen molar-refractivity contribution in [2.24, 2.45) is 5.73 Å². The van der Waals surface area contributed by atoms with Gasteiger partial charge >= 0.3 is 5.97 Å². The topological polar surface area (TPSA) is 234 Å². The highest BCUT2D eigenvalue weighted by atomic mass is 16.5. The van der Waals surface area contributed by atoms with Crippen LogP contribution in [0.5, 0.6) is 0 Å². The lowest BCUT2D eigenvalue weighted by molar-refractivity contribution is -0.142. The summed E-state index contributed by atoms with van der Waals surface area (Å²) in [4.78, 5) is 71.0. The maximum absolute atomic E-state index is 12.3. The zero-order chi connectivity index (χ0) is 43.9.